The standard InChI is InChI=1S/C61H113NO10/c1-3-5-7-9-11-13-15-17-19-21-23-25-27-29-30-32-34-36-38-40-42-44-46-48-53(64)56(66)52(51-71-61-59(69)58(68)57(67)55(50-63)72-61)62-60(70)54(65)49-47-45-43-41-39-37-35-33-31-28-26-24-22-20-18-16-14-12-10-8-6-4-2/h24,26,31-34,40,42,52-59,61,63-69H,3-23,25,27-30,35-39,41,43-51H2,1-2H3,(H,62,70)/b26-24-,33-31-,34-32+,42-40+. The number of carbonyl (C=O) groups excluding carboxylic acids is 1. The van der Waals surface area contributed by atoms with Crippen molar-refractivity contribution in [3.63, 3.8) is 0 Å². The van der Waals surface area contributed by atoms with E-state index in [1.807, 2.05) is 0 Å². The predicted octanol–water partition coefficient (Wildman–Crippen LogP) is 12.8. The molecule has 1 amide bonds. The van der Waals surface area contributed by atoms with Crippen LogP contribution in [0, 0.1) is 0 Å². The summed E-state index contributed by atoms with van der Waals surface area (Å²) in [5.74, 6) is -0.717. The maximum atomic E-state index is 13.2. The van der Waals surface area contributed by atoms with E-state index in [1.165, 1.54) is 154 Å². The molecule has 0 aromatic heterocycles. The summed E-state index contributed by atoms with van der Waals surface area (Å²) in [4.78, 5) is 13.2. The molecule has 8 N–H and O–H groups in total. The zero-order valence-electron chi connectivity index (χ0n) is 46.2. The second kappa shape index (κ2) is 49.9. The Balaban J connectivity index is 2.35. The number of nitrogens with one attached hydrogen (secondary N) is 1. The molecular formula is C61H113NO10. The van der Waals surface area contributed by atoms with Crippen LogP contribution >= 0.6 is 0 Å². The van der Waals surface area contributed by atoms with Crippen molar-refractivity contribution in [1.82, 2.24) is 5.32 Å². The number of ether oxygens (including phenoxy) is 2. The molecule has 1 saturated heterocycles. The van der Waals surface area contributed by atoms with Crippen molar-refractivity contribution in [2.45, 2.75) is 319 Å². The highest BCUT2D eigenvalue weighted by molar-refractivity contribution is 5.80. The molecule has 1 heterocycles. The van der Waals surface area contributed by atoms with Gasteiger partial charge in [-0.3, -0.25) is 4.79 Å². The van der Waals surface area contributed by atoms with Crippen LogP contribution in [-0.4, -0.2) is 110 Å². The van der Waals surface area contributed by atoms with Crippen molar-refractivity contribution in [1.29, 1.82) is 0 Å². The molecule has 1 fully saturated rings. The summed E-state index contributed by atoms with van der Waals surface area (Å²) in [6.45, 7) is 3.45. The van der Waals surface area contributed by atoms with Gasteiger partial charge in [-0.1, -0.05) is 229 Å². The van der Waals surface area contributed by atoms with Crippen LogP contribution in [0.5, 0.6) is 0 Å². The molecule has 1 rings (SSSR count). The van der Waals surface area contributed by atoms with Crippen LogP contribution < -0.4 is 5.32 Å². The number of unbranched alkanes of at least 4 members (excludes halogenated alkanes) is 31. The SMILES string of the molecule is CCCCCCCCCCC/C=C\C/C=C\CCCCCCCCC(O)C(=O)NC(COC1OC(CO)C(O)C(O)C1O)C(O)C(O)CCC/C=C/CC/C=C/CCCCCCCCCCCCCCCC. The fraction of sp³-hybridized carbons (Fsp3) is 0.852. The quantitative estimate of drug-likeness (QED) is 0.0215. The first-order chi connectivity index (χ1) is 35.2. The summed E-state index contributed by atoms with van der Waals surface area (Å²) in [5, 5.41) is 76.2. The van der Waals surface area contributed by atoms with E-state index in [4.69, 9.17) is 9.47 Å². The van der Waals surface area contributed by atoms with Gasteiger partial charge in [0.1, 0.15) is 36.6 Å². The Labute approximate surface area is 440 Å². The number of hydrogen-bond donors (Lipinski definition) is 8. The lowest BCUT2D eigenvalue weighted by molar-refractivity contribution is -0.303. The van der Waals surface area contributed by atoms with Gasteiger partial charge < -0.3 is 50.5 Å². The minimum Gasteiger partial charge on any atom is -0.394 e. The van der Waals surface area contributed by atoms with E-state index < -0.39 is 74.2 Å². The Morgan fingerprint density at radius 1 is 0.486 bits per heavy atom. The molecular weight excluding hydrogens is 907 g/mol. The van der Waals surface area contributed by atoms with Crippen molar-refractivity contribution in [2.24, 2.45) is 0 Å². The summed E-state index contributed by atoms with van der Waals surface area (Å²) in [7, 11) is 0. The molecule has 1 aliphatic heterocycles. The maximum absolute atomic E-state index is 13.2. The topological polar surface area (TPSA) is 189 Å². The Kier molecular flexibility index (Phi) is 47.2. The molecule has 72 heavy (non-hydrogen) atoms. The maximum Gasteiger partial charge on any atom is 0.249 e. The van der Waals surface area contributed by atoms with Gasteiger partial charge in [-0.05, 0) is 83.5 Å². The zero-order chi connectivity index (χ0) is 52.5. The fourth-order valence-electron chi connectivity index (χ4n) is 9.43. The molecule has 1 aliphatic rings. The van der Waals surface area contributed by atoms with Crippen molar-refractivity contribution >= 4 is 5.91 Å². The summed E-state index contributed by atoms with van der Waals surface area (Å²) in [6.07, 6.45) is 51.7. The lowest BCUT2D eigenvalue weighted by Gasteiger charge is -2.40. The lowest BCUT2D eigenvalue weighted by atomic mass is 9.98. The Morgan fingerprint density at radius 3 is 1.32 bits per heavy atom. The van der Waals surface area contributed by atoms with Gasteiger partial charge in [-0.25, -0.2) is 0 Å². The number of carbonyl (C=O) groups is 1. The predicted molar refractivity (Wildman–Crippen MR) is 298 cm³/mol. The second-order valence-electron chi connectivity index (χ2n) is 21.0. The van der Waals surface area contributed by atoms with Gasteiger partial charge in [0.15, 0.2) is 6.29 Å². The highest BCUT2D eigenvalue weighted by atomic mass is 16.7. The molecule has 0 saturated carbocycles. The van der Waals surface area contributed by atoms with E-state index >= 15 is 0 Å². The van der Waals surface area contributed by atoms with E-state index in [-0.39, 0.29) is 12.8 Å². The third-order valence-corrected chi connectivity index (χ3v) is 14.3. The monoisotopic (exact) mass is 1020 g/mol. The Hall–Kier alpha value is -1.93. The normalized spacial score (nSPS) is 20.4. The average molecular weight is 1020 g/mol. The molecule has 0 radical (unpaired) electrons. The summed E-state index contributed by atoms with van der Waals surface area (Å²) in [5.41, 5.74) is 0. The molecule has 9 unspecified atom stereocenters. The minimum atomic E-state index is -1.68. The third-order valence-electron chi connectivity index (χ3n) is 14.3. The van der Waals surface area contributed by atoms with Gasteiger partial charge in [-0.2, -0.15) is 0 Å². The van der Waals surface area contributed by atoms with Crippen LogP contribution in [0.3, 0.4) is 0 Å². The highest BCUT2D eigenvalue weighted by Gasteiger charge is 2.44. The molecule has 0 aromatic rings. The van der Waals surface area contributed by atoms with Crippen LogP contribution in [0.4, 0.5) is 0 Å². The van der Waals surface area contributed by atoms with Gasteiger partial charge in [0.25, 0.3) is 0 Å². The first-order valence-corrected chi connectivity index (χ1v) is 30.0. The van der Waals surface area contributed by atoms with E-state index in [2.05, 4.69) is 67.8 Å². The number of allylic oxidation sites excluding steroid dienone is 8. The van der Waals surface area contributed by atoms with Gasteiger partial charge in [0, 0.05) is 0 Å². The van der Waals surface area contributed by atoms with Gasteiger partial charge in [0.05, 0.1) is 25.4 Å². The molecule has 11 heteroatoms. The molecule has 9 atom stereocenters. The molecule has 0 spiro atoms. The van der Waals surface area contributed by atoms with E-state index in [0.29, 0.717) is 19.3 Å². The van der Waals surface area contributed by atoms with Crippen molar-refractivity contribution in [3.05, 3.63) is 48.6 Å². The number of rotatable bonds is 51. The second-order valence-corrected chi connectivity index (χ2v) is 21.0. The highest BCUT2D eigenvalue weighted by Crippen LogP contribution is 2.23. The van der Waals surface area contributed by atoms with Gasteiger partial charge in [0.2, 0.25) is 5.91 Å². The van der Waals surface area contributed by atoms with Gasteiger partial charge in [-0.15, -0.1) is 0 Å². The van der Waals surface area contributed by atoms with Crippen LogP contribution in [0.15, 0.2) is 48.6 Å². The zero-order valence-corrected chi connectivity index (χ0v) is 46.2. The first-order valence-electron chi connectivity index (χ1n) is 30.0. The van der Waals surface area contributed by atoms with Crippen molar-refractivity contribution < 1.29 is 50.0 Å². The minimum absolute atomic E-state index is 0.238. The van der Waals surface area contributed by atoms with Gasteiger partial charge >= 0.3 is 0 Å². The van der Waals surface area contributed by atoms with Crippen LogP contribution in [0.1, 0.15) is 264 Å². The van der Waals surface area contributed by atoms with E-state index in [9.17, 15) is 40.5 Å². The Morgan fingerprint density at radius 2 is 0.875 bits per heavy atom. The smallest absolute Gasteiger partial charge is 0.249 e. The lowest BCUT2D eigenvalue weighted by Crippen LogP contribution is -2.60. The van der Waals surface area contributed by atoms with Crippen molar-refractivity contribution in [3.8, 4) is 0 Å². The van der Waals surface area contributed by atoms with Crippen LogP contribution in [-0.2, 0) is 14.3 Å². The summed E-state index contributed by atoms with van der Waals surface area (Å²) in [6, 6.07) is -1.20. The molecule has 0 aliphatic carbocycles. The Bertz CT molecular complexity index is 1310. The largest absolute Gasteiger partial charge is 0.394 e. The third kappa shape index (κ3) is 37.7. The molecule has 0 bridgehead atoms. The number of amides is 1. The van der Waals surface area contributed by atoms with E-state index in [1.54, 1.807) is 0 Å². The number of aliphatic hydroxyl groups excluding tert-OH is 7. The van der Waals surface area contributed by atoms with Crippen LogP contribution in [0.25, 0.3) is 0 Å². The molecule has 422 valence electrons. The van der Waals surface area contributed by atoms with E-state index in [0.717, 1.165) is 64.2 Å². The molecule has 11 nitrogen and oxygen atoms in total. The van der Waals surface area contributed by atoms with Crippen LogP contribution in [0.2, 0.25) is 0 Å². The average Bonchev–Trinajstić information content (AvgIpc) is 3.38. The summed E-state index contributed by atoms with van der Waals surface area (Å²) >= 11 is 0. The number of aliphatic hydroxyl groups is 7. The number of hydrogen-bond acceptors (Lipinski definition) is 10. The summed E-state index contributed by atoms with van der Waals surface area (Å²) < 4.78 is 11.1. The fourth-order valence-corrected chi connectivity index (χ4v) is 9.43. The molecule has 0 aromatic carbocycles. The first kappa shape index (κ1) is 68.1. The van der Waals surface area contributed by atoms with Crippen molar-refractivity contribution in [2.75, 3.05) is 13.2 Å².